The molecule has 1 aromatic rings. The average molecular weight is 200 g/mol. The molecule has 1 aromatic heterocycles. The maximum atomic E-state index is 11.8. The normalized spacial score (nSPS) is 13.2. The summed E-state index contributed by atoms with van der Waals surface area (Å²) in [6.07, 6.45) is 2.23. The van der Waals surface area contributed by atoms with Crippen molar-refractivity contribution < 1.29 is 21.6 Å². The quantitative estimate of drug-likeness (QED) is 0.666. The molecule has 0 saturated heterocycles. The first kappa shape index (κ1) is 9.04. The van der Waals surface area contributed by atoms with E-state index in [1.165, 1.54) is 0 Å². The Hall–Kier alpha value is -1.05. The zero-order chi connectivity index (χ0) is 9.41. The predicted octanol–water partition coefficient (Wildman–Crippen LogP) is 0.581. The summed E-state index contributed by atoms with van der Waals surface area (Å²) in [4.78, 5) is 3.19. The topological polar surface area (TPSA) is 52.0 Å². The van der Waals surface area contributed by atoms with Gasteiger partial charge in [-0.25, -0.2) is 8.96 Å². The molecule has 0 bridgehead atoms. The van der Waals surface area contributed by atoms with Gasteiger partial charge in [-0.3, -0.25) is 0 Å². The van der Waals surface area contributed by atoms with E-state index in [0.29, 0.717) is 12.5 Å². The number of alkyl halides is 3. The standard InChI is InChI=1S/C4H3F3N2O2S/c5-4(6,7)12(10,11)9-2-1-8-3-9/h1-3H. The summed E-state index contributed by atoms with van der Waals surface area (Å²) >= 11 is 0. The number of rotatable bonds is 1. The lowest BCUT2D eigenvalue weighted by Gasteiger charge is -2.06. The van der Waals surface area contributed by atoms with Crippen LogP contribution in [0.4, 0.5) is 13.2 Å². The van der Waals surface area contributed by atoms with E-state index in [1.807, 2.05) is 0 Å². The number of nitrogens with zero attached hydrogens (tertiary/aromatic N) is 2. The van der Waals surface area contributed by atoms with E-state index in [9.17, 15) is 21.6 Å². The van der Waals surface area contributed by atoms with E-state index >= 15 is 0 Å². The Kier molecular flexibility index (Phi) is 1.86. The zero-order valence-corrected chi connectivity index (χ0v) is 6.30. The van der Waals surface area contributed by atoms with Crippen molar-refractivity contribution in [1.82, 2.24) is 8.96 Å². The Morgan fingerprint density at radius 1 is 1.33 bits per heavy atom. The van der Waals surface area contributed by atoms with Crippen molar-refractivity contribution in [1.29, 1.82) is 0 Å². The molecule has 1 heterocycles. The Morgan fingerprint density at radius 3 is 2.25 bits per heavy atom. The third kappa shape index (κ3) is 1.29. The second kappa shape index (κ2) is 2.47. The van der Waals surface area contributed by atoms with Crippen molar-refractivity contribution in [2.45, 2.75) is 5.51 Å². The number of imidazole rings is 1. The maximum absolute atomic E-state index is 11.8. The van der Waals surface area contributed by atoms with Crippen LogP contribution in [0.1, 0.15) is 0 Å². The molecular formula is C4H3F3N2O2S. The van der Waals surface area contributed by atoms with Gasteiger partial charge >= 0.3 is 15.5 Å². The van der Waals surface area contributed by atoms with E-state index < -0.39 is 15.5 Å². The van der Waals surface area contributed by atoms with Crippen LogP contribution >= 0.6 is 0 Å². The van der Waals surface area contributed by atoms with Gasteiger partial charge in [0, 0.05) is 12.4 Å². The highest BCUT2D eigenvalue weighted by Crippen LogP contribution is 2.24. The lowest BCUT2D eigenvalue weighted by Crippen LogP contribution is -2.28. The minimum absolute atomic E-state index is 0.00694. The first-order chi connectivity index (χ1) is 5.36. The Balaban J connectivity index is 3.22. The van der Waals surface area contributed by atoms with Crippen molar-refractivity contribution >= 4 is 10.0 Å². The molecule has 4 nitrogen and oxygen atoms in total. The molecule has 0 atom stereocenters. The second-order valence-corrected chi connectivity index (χ2v) is 3.68. The van der Waals surface area contributed by atoms with E-state index in [-0.39, 0.29) is 3.97 Å². The summed E-state index contributed by atoms with van der Waals surface area (Å²) in [5.74, 6) is 0. The molecule has 0 aliphatic heterocycles. The summed E-state index contributed by atoms with van der Waals surface area (Å²) in [6.45, 7) is 0. The fraction of sp³-hybridized carbons (Fsp3) is 0.250. The Labute approximate surface area is 65.7 Å². The molecule has 0 spiro atoms. The number of aromatic nitrogens is 2. The van der Waals surface area contributed by atoms with Crippen LogP contribution in [0.25, 0.3) is 0 Å². The molecule has 8 heteroatoms. The van der Waals surface area contributed by atoms with Crippen LogP contribution < -0.4 is 0 Å². The van der Waals surface area contributed by atoms with E-state index in [2.05, 4.69) is 4.98 Å². The van der Waals surface area contributed by atoms with Gasteiger partial charge in [0.05, 0.1) is 0 Å². The number of halogens is 3. The van der Waals surface area contributed by atoms with Crippen LogP contribution in [-0.2, 0) is 10.0 Å². The van der Waals surface area contributed by atoms with Gasteiger partial charge in [-0.1, -0.05) is 0 Å². The van der Waals surface area contributed by atoms with Gasteiger partial charge in [0.25, 0.3) is 0 Å². The molecule has 12 heavy (non-hydrogen) atoms. The summed E-state index contributed by atoms with van der Waals surface area (Å²) < 4.78 is 56.3. The molecule has 0 radical (unpaired) electrons. The molecule has 0 fully saturated rings. The van der Waals surface area contributed by atoms with Gasteiger partial charge in [0.2, 0.25) is 0 Å². The summed E-state index contributed by atoms with van der Waals surface area (Å²) in [5.41, 5.74) is -5.28. The molecule has 0 aromatic carbocycles. The first-order valence-electron chi connectivity index (χ1n) is 2.65. The van der Waals surface area contributed by atoms with Crippen molar-refractivity contribution in [3.8, 4) is 0 Å². The predicted molar refractivity (Wildman–Crippen MR) is 32.6 cm³/mol. The third-order valence-corrected chi connectivity index (χ3v) is 2.41. The fourth-order valence-corrected chi connectivity index (χ4v) is 1.14. The molecule has 0 amide bonds. The van der Waals surface area contributed by atoms with Crippen molar-refractivity contribution in [2.75, 3.05) is 0 Å². The minimum atomic E-state index is -5.28. The highest BCUT2D eigenvalue weighted by atomic mass is 32.2. The monoisotopic (exact) mass is 200 g/mol. The van der Waals surface area contributed by atoms with Crippen LogP contribution in [0.3, 0.4) is 0 Å². The molecule has 0 N–H and O–H groups in total. The van der Waals surface area contributed by atoms with Crippen LogP contribution in [-0.4, -0.2) is 22.9 Å². The summed E-state index contributed by atoms with van der Waals surface area (Å²) in [7, 11) is -5.28. The van der Waals surface area contributed by atoms with E-state index in [0.717, 1.165) is 6.20 Å². The lowest BCUT2D eigenvalue weighted by atomic mass is 11.0. The van der Waals surface area contributed by atoms with Gasteiger partial charge in [0.1, 0.15) is 6.33 Å². The molecule has 0 unspecified atom stereocenters. The minimum Gasteiger partial charge on any atom is -0.244 e. The van der Waals surface area contributed by atoms with Crippen molar-refractivity contribution in [2.24, 2.45) is 0 Å². The molecule has 0 aliphatic carbocycles. The summed E-state index contributed by atoms with van der Waals surface area (Å²) in [6, 6.07) is 0. The summed E-state index contributed by atoms with van der Waals surface area (Å²) in [5, 5.41) is 0. The van der Waals surface area contributed by atoms with E-state index in [4.69, 9.17) is 0 Å². The highest BCUT2D eigenvalue weighted by Gasteiger charge is 2.47. The molecule has 0 saturated carbocycles. The Morgan fingerprint density at radius 2 is 1.92 bits per heavy atom. The van der Waals surface area contributed by atoms with Crippen LogP contribution in [0.15, 0.2) is 18.7 Å². The van der Waals surface area contributed by atoms with Crippen molar-refractivity contribution in [3.05, 3.63) is 18.7 Å². The molecule has 0 aliphatic rings. The van der Waals surface area contributed by atoms with Crippen molar-refractivity contribution in [3.63, 3.8) is 0 Å². The second-order valence-electron chi connectivity index (χ2n) is 1.84. The maximum Gasteiger partial charge on any atom is 0.517 e. The largest absolute Gasteiger partial charge is 0.517 e. The third-order valence-electron chi connectivity index (χ3n) is 1.05. The van der Waals surface area contributed by atoms with Crippen LogP contribution in [0, 0.1) is 0 Å². The smallest absolute Gasteiger partial charge is 0.244 e. The Bertz CT molecular complexity index is 352. The zero-order valence-electron chi connectivity index (χ0n) is 5.49. The highest BCUT2D eigenvalue weighted by molar-refractivity contribution is 7.90. The first-order valence-corrected chi connectivity index (χ1v) is 4.09. The van der Waals surface area contributed by atoms with Gasteiger partial charge in [-0.2, -0.15) is 21.6 Å². The van der Waals surface area contributed by atoms with Gasteiger partial charge in [0.15, 0.2) is 0 Å². The number of hydrogen-bond donors (Lipinski definition) is 0. The van der Waals surface area contributed by atoms with Crippen LogP contribution in [0.2, 0.25) is 0 Å². The fourth-order valence-electron chi connectivity index (χ4n) is 0.509. The average Bonchev–Trinajstić information content (AvgIpc) is 2.34. The SMILES string of the molecule is O=S(=O)(n1ccnc1)C(F)(F)F. The van der Waals surface area contributed by atoms with Crippen LogP contribution in [0.5, 0.6) is 0 Å². The van der Waals surface area contributed by atoms with E-state index in [1.54, 1.807) is 0 Å². The molecular weight excluding hydrogens is 197 g/mol. The van der Waals surface area contributed by atoms with Gasteiger partial charge < -0.3 is 0 Å². The van der Waals surface area contributed by atoms with Gasteiger partial charge in [-0.05, 0) is 0 Å². The van der Waals surface area contributed by atoms with Gasteiger partial charge in [-0.15, -0.1) is 0 Å². The molecule has 68 valence electrons. The number of hydrogen-bond acceptors (Lipinski definition) is 3. The molecule has 1 rings (SSSR count). The lowest BCUT2D eigenvalue weighted by molar-refractivity contribution is -0.0446.